The monoisotopic (exact) mass is 211 g/mol. The summed E-state index contributed by atoms with van der Waals surface area (Å²) in [4.78, 5) is 2.47. The summed E-state index contributed by atoms with van der Waals surface area (Å²) < 4.78 is 0. The van der Waals surface area contributed by atoms with Crippen LogP contribution in [0.4, 0.5) is 0 Å². The lowest BCUT2D eigenvalue weighted by Gasteiger charge is -2.34. The van der Waals surface area contributed by atoms with E-state index in [9.17, 15) is 5.11 Å². The topological polar surface area (TPSA) is 23.5 Å². The molecule has 0 bridgehead atoms. The van der Waals surface area contributed by atoms with E-state index in [1.807, 2.05) is 0 Å². The zero-order valence-electron chi connectivity index (χ0n) is 10.2. The summed E-state index contributed by atoms with van der Waals surface area (Å²) in [5.74, 6) is 1.47. The molecule has 0 aliphatic heterocycles. The van der Waals surface area contributed by atoms with Gasteiger partial charge in [-0.05, 0) is 51.5 Å². The Morgan fingerprint density at radius 3 is 2.47 bits per heavy atom. The van der Waals surface area contributed by atoms with E-state index < -0.39 is 0 Å². The van der Waals surface area contributed by atoms with Crippen LogP contribution in [-0.4, -0.2) is 35.7 Å². The maximum Gasteiger partial charge on any atom is 0.0580 e. The van der Waals surface area contributed by atoms with Gasteiger partial charge in [0.25, 0.3) is 0 Å². The highest BCUT2D eigenvalue weighted by Gasteiger charge is 2.32. The fourth-order valence-corrected chi connectivity index (χ4v) is 2.88. The first-order valence-corrected chi connectivity index (χ1v) is 6.57. The van der Waals surface area contributed by atoms with Crippen molar-refractivity contribution in [2.45, 2.75) is 57.6 Å². The van der Waals surface area contributed by atoms with Gasteiger partial charge in [0.1, 0.15) is 0 Å². The maximum absolute atomic E-state index is 9.93. The first-order valence-electron chi connectivity index (χ1n) is 6.57. The second kappa shape index (κ2) is 4.84. The Labute approximate surface area is 93.7 Å². The Morgan fingerprint density at radius 1 is 1.20 bits per heavy atom. The molecule has 0 radical (unpaired) electrons. The summed E-state index contributed by atoms with van der Waals surface area (Å²) in [6, 6.07) is 0.721. The minimum atomic E-state index is -0.0346. The predicted octanol–water partition coefficient (Wildman–Crippen LogP) is 2.27. The highest BCUT2D eigenvalue weighted by Crippen LogP contribution is 2.35. The van der Waals surface area contributed by atoms with Crippen LogP contribution in [-0.2, 0) is 0 Å². The molecule has 3 atom stereocenters. The van der Waals surface area contributed by atoms with Crippen molar-refractivity contribution in [3.63, 3.8) is 0 Å². The molecule has 15 heavy (non-hydrogen) atoms. The molecule has 0 aromatic heterocycles. The Morgan fingerprint density at radius 2 is 1.87 bits per heavy atom. The van der Waals surface area contributed by atoms with Gasteiger partial charge >= 0.3 is 0 Å². The second-order valence-corrected chi connectivity index (χ2v) is 5.63. The Balaban J connectivity index is 1.78. The quantitative estimate of drug-likeness (QED) is 0.771. The lowest BCUT2D eigenvalue weighted by molar-refractivity contribution is 0.0428. The fraction of sp³-hybridized carbons (Fsp3) is 1.00. The van der Waals surface area contributed by atoms with Crippen LogP contribution in [0.1, 0.15) is 45.4 Å². The van der Waals surface area contributed by atoms with Gasteiger partial charge in [0.2, 0.25) is 0 Å². The Bertz CT molecular complexity index is 203. The minimum absolute atomic E-state index is 0.0346. The van der Waals surface area contributed by atoms with Gasteiger partial charge < -0.3 is 10.0 Å². The Hall–Kier alpha value is -0.0800. The molecule has 2 nitrogen and oxygen atoms in total. The van der Waals surface area contributed by atoms with Crippen molar-refractivity contribution in [1.82, 2.24) is 4.90 Å². The zero-order chi connectivity index (χ0) is 10.8. The number of hydrogen-bond acceptors (Lipinski definition) is 2. The standard InChI is InChI=1S/C13H25NO/c1-10(11-7-8-11)14(2)9-12-5-3-4-6-13(12)15/h10-13,15H,3-9H2,1-2H3. The summed E-state index contributed by atoms with van der Waals surface area (Å²) >= 11 is 0. The first kappa shape index (κ1) is 11.4. The minimum Gasteiger partial charge on any atom is -0.393 e. The summed E-state index contributed by atoms with van der Waals surface area (Å²) in [5.41, 5.74) is 0. The summed E-state index contributed by atoms with van der Waals surface area (Å²) in [5, 5.41) is 9.93. The molecular formula is C13H25NO. The van der Waals surface area contributed by atoms with Crippen LogP contribution in [0.15, 0.2) is 0 Å². The van der Waals surface area contributed by atoms with Gasteiger partial charge in [-0.1, -0.05) is 12.8 Å². The molecule has 1 N–H and O–H groups in total. The average molecular weight is 211 g/mol. The second-order valence-electron chi connectivity index (χ2n) is 5.63. The molecule has 2 aliphatic rings. The van der Waals surface area contributed by atoms with Gasteiger partial charge in [-0.3, -0.25) is 0 Å². The molecule has 2 fully saturated rings. The summed E-state index contributed by atoms with van der Waals surface area (Å²) in [7, 11) is 2.23. The molecule has 3 unspecified atom stereocenters. The van der Waals surface area contributed by atoms with Crippen LogP contribution in [0.3, 0.4) is 0 Å². The van der Waals surface area contributed by atoms with E-state index in [1.165, 1.54) is 32.1 Å². The summed E-state index contributed by atoms with van der Waals surface area (Å²) in [6.07, 6.45) is 7.58. The van der Waals surface area contributed by atoms with Gasteiger partial charge in [0, 0.05) is 12.6 Å². The number of aliphatic hydroxyl groups excluding tert-OH is 1. The predicted molar refractivity (Wildman–Crippen MR) is 62.8 cm³/mol. The molecule has 0 saturated heterocycles. The first-order chi connectivity index (χ1) is 7.18. The largest absolute Gasteiger partial charge is 0.393 e. The van der Waals surface area contributed by atoms with E-state index in [0.717, 1.165) is 24.9 Å². The van der Waals surface area contributed by atoms with E-state index in [-0.39, 0.29) is 6.10 Å². The van der Waals surface area contributed by atoms with Crippen molar-refractivity contribution in [2.75, 3.05) is 13.6 Å². The van der Waals surface area contributed by atoms with Crippen molar-refractivity contribution in [3.8, 4) is 0 Å². The maximum atomic E-state index is 9.93. The number of aliphatic hydroxyl groups is 1. The van der Waals surface area contributed by atoms with Crippen molar-refractivity contribution in [3.05, 3.63) is 0 Å². The lowest BCUT2D eigenvalue weighted by Crippen LogP contribution is -2.39. The van der Waals surface area contributed by atoms with Gasteiger partial charge in [-0.15, -0.1) is 0 Å². The molecule has 0 aromatic carbocycles. The van der Waals surface area contributed by atoms with Crippen molar-refractivity contribution in [1.29, 1.82) is 0 Å². The molecule has 0 aromatic rings. The normalized spacial score (nSPS) is 34.4. The van der Waals surface area contributed by atoms with Crippen LogP contribution in [0, 0.1) is 11.8 Å². The number of rotatable bonds is 4. The third kappa shape index (κ3) is 2.94. The molecule has 2 saturated carbocycles. The smallest absolute Gasteiger partial charge is 0.0580 e. The Kier molecular flexibility index (Phi) is 3.68. The average Bonchev–Trinajstić information content (AvgIpc) is 3.04. The van der Waals surface area contributed by atoms with Gasteiger partial charge in [0.05, 0.1) is 6.10 Å². The number of hydrogen-bond donors (Lipinski definition) is 1. The highest BCUT2D eigenvalue weighted by atomic mass is 16.3. The van der Waals surface area contributed by atoms with E-state index >= 15 is 0 Å². The molecule has 2 rings (SSSR count). The van der Waals surface area contributed by atoms with Crippen molar-refractivity contribution >= 4 is 0 Å². The molecule has 88 valence electrons. The van der Waals surface area contributed by atoms with Crippen LogP contribution in [0.25, 0.3) is 0 Å². The summed E-state index contributed by atoms with van der Waals surface area (Å²) in [6.45, 7) is 3.44. The zero-order valence-corrected chi connectivity index (χ0v) is 10.2. The van der Waals surface area contributed by atoms with E-state index in [4.69, 9.17) is 0 Å². The molecule has 2 heteroatoms. The molecule has 0 amide bonds. The van der Waals surface area contributed by atoms with E-state index in [0.29, 0.717) is 5.92 Å². The van der Waals surface area contributed by atoms with Crippen molar-refractivity contribution < 1.29 is 5.11 Å². The fourth-order valence-electron chi connectivity index (χ4n) is 2.88. The van der Waals surface area contributed by atoms with Gasteiger partial charge in [0.15, 0.2) is 0 Å². The number of nitrogens with zero attached hydrogens (tertiary/aromatic N) is 1. The van der Waals surface area contributed by atoms with Crippen molar-refractivity contribution in [2.24, 2.45) is 11.8 Å². The lowest BCUT2D eigenvalue weighted by atomic mass is 9.86. The third-order valence-electron chi connectivity index (χ3n) is 4.39. The van der Waals surface area contributed by atoms with E-state index in [2.05, 4.69) is 18.9 Å². The van der Waals surface area contributed by atoms with Crippen LogP contribution < -0.4 is 0 Å². The molecule has 0 heterocycles. The molecule has 2 aliphatic carbocycles. The van der Waals surface area contributed by atoms with Gasteiger partial charge in [-0.25, -0.2) is 0 Å². The van der Waals surface area contributed by atoms with Crippen LogP contribution >= 0.6 is 0 Å². The molecule has 0 spiro atoms. The van der Waals surface area contributed by atoms with E-state index in [1.54, 1.807) is 0 Å². The van der Waals surface area contributed by atoms with Crippen LogP contribution in [0.2, 0.25) is 0 Å². The third-order valence-corrected chi connectivity index (χ3v) is 4.39. The molecular weight excluding hydrogens is 186 g/mol. The SMILES string of the molecule is CC(C1CC1)N(C)CC1CCCCC1O. The van der Waals surface area contributed by atoms with Gasteiger partial charge in [-0.2, -0.15) is 0 Å². The van der Waals surface area contributed by atoms with Crippen LogP contribution in [0.5, 0.6) is 0 Å². The highest BCUT2D eigenvalue weighted by molar-refractivity contribution is 4.86.